The van der Waals surface area contributed by atoms with Gasteiger partial charge in [0.25, 0.3) is 5.91 Å². The Kier molecular flexibility index (Phi) is 9.20. The molecule has 13 heteroatoms. The summed E-state index contributed by atoms with van der Waals surface area (Å²) < 4.78 is 50.2. The number of carbonyl (C=O) groups is 2. The summed E-state index contributed by atoms with van der Waals surface area (Å²) in [6.45, 7) is 5.80. The normalized spacial score (nSPS) is 17.1. The molecule has 0 radical (unpaired) electrons. The minimum absolute atomic E-state index is 0.0261. The number of aromatic nitrogens is 3. The summed E-state index contributed by atoms with van der Waals surface area (Å²) >= 11 is 0. The topological polar surface area (TPSA) is 95.3 Å². The molecule has 0 spiro atoms. The molecule has 4 aromatic rings. The van der Waals surface area contributed by atoms with Crippen LogP contribution in [0.2, 0.25) is 0 Å². The fraction of sp³-hybridized carbons (Fsp3) is 0.412. The maximum absolute atomic E-state index is 14.1. The zero-order valence-corrected chi connectivity index (χ0v) is 26.7. The summed E-state index contributed by atoms with van der Waals surface area (Å²) in [5.74, 6) is 0.508. The Morgan fingerprint density at radius 3 is 2.62 bits per heavy atom. The van der Waals surface area contributed by atoms with Gasteiger partial charge in [-0.1, -0.05) is 19.1 Å². The number of carbonyl (C=O) groups excluding carboxylic acids is 2. The van der Waals surface area contributed by atoms with Gasteiger partial charge in [-0.05, 0) is 41.3 Å². The number of amides is 2. The number of nitrogens with one attached hydrogen (secondary N) is 1. The Balaban J connectivity index is 1.20. The van der Waals surface area contributed by atoms with Gasteiger partial charge in [-0.3, -0.25) is 19.5 Å². The third-order valence-electron chi connectivity index (χ3n) is 8.80. The third-order valence-corrected chi connectivity index (χ3v) is 8.80. The lowest BCUT2D eigenvalue weighted by Crippen LogP contribution is -2.43. The molecule has 0 saturated carbocycles. The molecule has 2 aliphatic heterocycles. The number of pyridine rings is 1. The van der Waals surface area contributed by atoms with Crippen LogP contribution in [0.5, 0.6) is 11.5 Å². The van der Waals surface area contributed by atoms with E-state index < -0.39 is 11.7 Å². The molecule has 248 valence electrons. The van der Waals surface area contributed by atoms with E-state index in [1.165, 1.54) is 11.0 Å². The maximum atomic E-state index is 14.1. The van der Waals surface area contributed by atoms with Gasteiger partial charge in [0.15, 0.2) is 5.75 Å². The second-order valence-electron chi connectivity index (χ2n) is 12.3. The number of alkyl halides is 3. The predicted molar refractivity (Wildman–Crippen MR) is 169 cm³/mol. The van der Waals surface area contributed by atoms with Crippen molar-refractivity contribution < 1.29 is 27.5 Å². The average molecular weight is 650 g/mol. The highest BCUT2D eigenvalue weighted by Crippen LogP contribution is 2.36. The molecule has 10 nitrogen and oxygen atoms in total. The highest BCUT2D eigenvalue weighted by molar-refractivity contribution is 5.95. The molecule has 0 unspecified atom stereocenters. The first-order valence-electron chi connectivity index (χ1n) is 15.8. The lowest BCUT2D eigenvalue weighted by atomic mass is 9.92. The zero-order chi connectivity index (χ0) is 33.3. The molecule has 1 N–H and O–H groups in total. The molecule has 5 heterocycles. The SMILES string of the molecule is CC[C@H]1CN(C(=O)Cc2ccc(CN3CCNCC3)c(C(F)(F)F)c2)Cc2cc(Oc3ccnn4cc(C(=O)N(C)C)cc34)cnc21. The summed E-state index contributed by atoms with van der Waals surface area (Å²) in [5, 5.41) is 7.51. The highest BCUT2D eigenvalue weighted by atomic mass is 19.4. The van der Waals surface area contributed by atoms with E-state index >= 15 is 0 Å². The smallest absolute Gasteiger partial charge is 0.416 e. The minimum atomic E-state index is -4.52. The fourth-order valence-electron chi connectivity index (χ4n) is 6.29. The van der Waals surface area contributed by atoms with Crippen molar-refractivity contribution in [3.63, 3.8) is 0 Å². The van der Waals surface area contributed by atoms with Crippen molar-refractivity contribution in [2.24, 2.45) is 0 Å². The van der Waals surface area contributed by atoms with Gasteiger partial charge in [0.1, 0.15) is 11.3 Å². The number of fused-ring (bicyclic) bond motifs is 2. The standard InChI is InChI=1S/C34H38F3N7O3/c1-4-23-19-43(31(45)14-22-5-6-24(28(13-22)34(35,36)37)18-42-11-9-38-10-12-42)20-25-15-27(17-39-32(23)25)47-30-7-8-40-44-21-26(16-29(30)44)33(46)41(2)3/h5-8,13,15-17,21,23,38H,4,9-12,14,18-20H2,1-3H3/t23-/m0/s1. The second kappa shape index (κ2) is 13.3. The fourth-order valence-corrected chi connectivity index (χ4v) is 6.29. The maximum Gasteiger partial charge on any atom is 0.416 e. The number of halogens is 3. The summed E-state index contributed by atoms with van der Waals surface area (Å²) in [5.41, 5.74) is 2.64. The van der Waals surface area contributed by atoms with Crippen LogP contribution in [0.4, 0.5) is 13.2 Å². The molecular weight excluding hydrogens is 611 g/mol. The zero-order valence-electron chi connectivity index (χ0n) is 26.7. The van der Waals surface area contributed by atoms with E-state index in [-0.39, 0.29) is 42.8 Å². The van der Waals surface area contributed by atoms with Crippen molar-refractivity contribution in [1.29, 1.82) is 0 Å². The number of hydrogen-bond donors (Lipinski definition) is 1. The lowest BCUT2D eigenvalue weighted by Gasteiger charge is -2.34. The van der Waals surface area contributed by atoms with Crippen LogP contribution >= 0.6 is 0 Å². The van der Waals surface area contributed by atoms with E-state index in [0.29, 0.717) is 47.8 Å². The first-order chi connectivity index (χ1) is 22.5. The highest BCUT2D eigenvalue weighted by Gasteiger charge is 2.35. The van der Waals surface area contributed by atoms with Crippen LogP contribution in [0, 0.1) is 0 Å². The van der Waals surface area contributed by atoms with Gasteiger partial charge in [0.05, 0.1) is 35.6 Å². The van der Waals surface area contributed by atoms with Crippen molar-refractivity contribution in [3.05, 3.63) is 88.5 Å². The van der Waals surface area contributed by atoms with Gasteiger partial charge in [0.2, 0.25) is 5.91 Å². The Morgan fingerprint density at radius 2 is 1.89 bits per heavy atom. The van der Waals surface area contributed by atoms with Crippen molar-refractivity contribution in [2.45, 2.75) is 44.9 Å². The summed E-state index contributed by atoms with van der Waals surface area (Å²) in [6.07, 6.45) is 0.943. The predicted octanol–water partition coefficient (Wildman–Crippen LogP) is 4.73. The lowest BCUT2D eigenvalue weighted by molar-refractivity contribution is -0.138. The monoisotopic (exact) mass is 649 g/mol. The quantitative estimate of drug-likeness (QED) is 0.295. The molecule has 2 aliphatic rings. The molecule has 47 heavy (non-hydrogen) atoms. The molecule has 1 atom stereocenters. The van der Waals surface area contributed by atoms with Crippen molar-refractivity contribution >= 4 is 17.3 Å². The molecule has 0 aliphatic carbocycles. The Morgan fingerprint density at radius 1 is 1.11 bits per heavy atom. The first kappa shape index (κ1) is 32.5. The van der Waals surface area contributed by atoms with E-state index in [1.54, 1.807) is 60.3 Å². The molecule has 1 fully saturated rings. The van der Waals surface area contributed by atoms with Crippen LogP contribution in [0.25, 0.3) is 5.52 Å². The van der Waals surface area contributed by atoms with E-state index in [9.17, 15) is 22.8 Å². The first-order valence-corrected chi connectivity index (χ1v) is 15.8. The second-order valence-corrected chi connectivity index (χ2v) is 12.3. The molecule has 3 aromatic heterocycles. The minimum Gasteiger partial charge on any atom is -0.453 e. The number of hydrogen-bond acceptors (Lipinski definition) is 7. The van der Waals surface area contributed by atoms with Gasteiger partial charge in [0, 0.05) is 78.1 Å². The summed E-state index contributed by atoms with van der Waals surface area (Å²) in [6, 6.07) is 9.55. The molecule has 2 amide bonds. The summed E-state index contributed by atoms with van der Waals surface area (Å²) in [4.78, 5) is 36.0. The van der Waals surface area contributed by atoms with Crippen molar-refractivity contribution in [3.8, 4) is 11.5 Å². The number of nitrogens with zero attached hydrogens (tertiary/aromatic N) is 6. The van der Waals surface area contributed by atoms with Crippen LogP contribution in [0.1, 0.15) is 57.6 Å². The van der Waals surface area contributed by atoms with Gasteiger partial charge in [-0.25, -0.2) is 4.52 Å². The van der Waals surface area contributed by atoms with Crippen LogP contribution in [0.3, 0.4) is 0 Å². The van der Waals surface area contributed by atoms with Gasteiger partial charge in [-0.15, -0.1) is 0 Å². The average Bonchev–Trinajstić information content (AvgIpc) is 3.50. The van der Waals surface area contributed by atoms with Crippen molar-refractivity contribution in [2.75, 3.05) is 46.8 Å². The van der Waals surface area contributed by atoms with E-state index in [2.05, 4.69) is 10.4 Å². The van der Waals surface area contributed by atoms with E-state index in [1.807, 2.05) is 17.9 Å². The number of piperazine rings is 1. The third kappa shape index (κ3) is 7.10. The molecule has 6 rings (SSSR count). The number of rotatable bonds is 8. The Bertz CT molecular complexity index is 1780. The van der Waals surface area contributed by atoms with E-state index in [0.717, 1.165) is 36.8 Å². The summed E-state index contributed by atoms with van der Waals surface area (Å²) in [7, 11) is 3.35. The molecule has 1 saturated heterocycles. The molecule has 1 aromatic carbocycles. The molecule has 0 bridgehead atoms. The van der Waals surface area contributed by atoms with E-state index in [4.69, 9.17) is 9.72 Å². The van der Waals surface area contributed by atoms with Crippen LogP contribution in [0.15, 0.2) is 55.0 Å². The number of ether oxygens (including phenoxy) is 1. The van der Waals surface area contributed by atoms with Crippen LogP contribution in [-0.2, 0) is 30.5 Å². The Hall–Kier alpha value is -4.49. The van der Waals surface area contributed by atoms with Crippen LogP contribution < -0.4 is 10.1 Å². The van der Waals surface area contributed by atoms with Gasteiger partial charge >= 0.3 is 6.18 Å². The largest absolute Gasteiger partial charge is 0.453 e. The number of benzene rings is 1. The Labute approximate surface area is 271 Å². The molecular formula is C34H38F3N7O3. The van der Waals surface area contributed by atoms with Crippen molar-refractivity contribution in [1.82, 2.24) is 34.6 Å². The van der Waals surface area contributed by atoms with Gasteiger partial charge in [-0.2, -0.15) is 18.3 Å². The van der Waals surface area contributed by atoms with Crippen LogP contribution in [-0.4, -0.2) is 87.9 Å². The van der Waals surface area contributed by atoms with Gasteiger partial charge < -0.3 is 19.9 Å².